The van der Waals surface area contributed by atoms with Gasteiger partial charge in [-0.3, -0.25) is 19.8 Å². The molecule has 0 aliphatic carbocycles. The number of H-pyrrole nitrogens is 1. The van der Waals surface area contributed by atoms with Gasteiger partial charge in [-0.05, 0) is 66.3 Å². The summed E-state index contributed by atoms with van der Waals surface area (Å²) in [5.74, 6) is 0.0115. The molecule has 59 heavy (non-hydrogen) atoms. The first-order valence-electron chi connectivity index (χ1n) is 19.7. The number of nitro groups is 1. The minimum atomic E-state index is -4.55. The molecule has 0 spiro atoms. The smallest absolute Gasteiger partial charge is 0.293 e. The number of hydrogen-bond donors (Lipinski definition) is 3. The van der Waals surface area contributed by atoms with Gasteiger partial charge < -0.3 is 24.7 Å². The van der Waals surface area contributed by atoms with Gasteiger partial charge in [0.1, 0.15) is 22.8 Å². The summed E-state index contributed by atoms with van der Waals surface area (Å²) in [6, 6.07) is 33.3. The number of fused-ring (bicyclic) bond motifs is 1. The zero-order valence-corrected chi connectivity index (χ0v) is 33.1. The number of amides is 1. The number of nitrogens with one attached hydrogen (secondary N) is 3. The number of nitrogens with zero attached hydrogens (tertiary/aromatic N) is 4. The molecule has 2 aromatic heterocycles. The second kappa shape index (κ2) is 17.7. The molecular weight excluding hydrogens is 771 g/mol. The Morgan fingerprint density at radius 2 is 1.63 bits per heavy atom. The lowest BCUT2D eigenvalue weighted by Crippen LogP contribution is -2.47. The first-order valence-corrected chi connectivity index (χ1v) is 21.2. The molecular formula is C44H45N7O7S. The van der Waals surface area contributed by atoms with Gasteiger partial charge in [-0.15, -0.1) is 0 Å². The van der Waals surface area contributed by atoms with Crippen molar-refractivity contribution < 1.29 is 27.6 Å². The van der Waals surface area contributed by atoms with Gasteiger partial charge in [0.15, 0.2) is 0 Å². The highest BCUT2D eigenvalue weighted by atomic mass is 32.2. The van der Waals surface area contributed by atoms with E-state index in [2.05, 4.69) is 78.3 Å². The number of benzene rings is 4. The molecule has 4 heterocycles. The number of aromatic nitrogens is 2. The molecule has 2 aliphatic rings. The fraction of sp³-hybridized carbons (Fsp3) is 0.273. The number of hydrogen-bond acceptors (Lipinski definition) is 11. The largest absolute Gasteiger partial charge is 0.455 e. The van der Waals surface area contributed by atoms with Crippen molar-refractivity contribution in [2.45, 2.75) is 23.7 Å². The van der Waals surface area contributed by atoms with Gasteiger partial charge in [0.05, 0.1) is 21.6 Å². The van der Waals surface area contributed by atoms with E-state index in [9.17, 15) is 23.3 Å². The van der Waals surface area contributed by atoms with Crippen molar-refractivity contribution in [2.75, 3.05) is 62.7 Å². The molecule has 0 unspecified atom stereocenters. The number of carbonyl (C=O) groups excluding carboxylic acids is 1. The van der Waals surface area contributed by atoms with Gasteiger partial charge in [0.2, 0.25) is 0 Å². The van der Waals surface area contributed by atoms with Crippen LogP contribution >= 0.6 is 0 Å². The van der Waals surface area contributed by atoms with E-state index < -0.39 is 31.4 Å². The van der Waals surface area contributed by atoms with E-state index in [1.807, 2.05) is 18.2 Å². The third-order valence-electron chi connectivity index (χ3n) is 11.0. The van der Waals surface area contributed by atoms with E-state index in [0.717, 1.165) is 49.6 Å². The van der Waals surface area contributed by atoms with Crippen LogP contribution < -0.4 is 19.7 Å². The van der Waals surface area contributed by atoms with Crippen LogP contribution in [-0.4, -0.2) is 86.6 Å². The summed E-state index contributed by atoms with van der Waals surface area (Å²) >= 11 is 0. The Hall–Kier alpha value is -6.29. The second-order valence-electron chi connectivity index (χ2n) is 14.8. The van der Waals surface area contributed by atoms with Gasteiger partial charge >= 0.3 is 0 Å². The molecule has 3 N–H and O–H groups in total. The quantitative estimate of drug-likeness (QED) is 0.0752. The number of ether oxygens (including phenoxy) is 2. The molecule has 0 radical (unpaired) electrons. The molecule has 304 valence electrons. The Kier molecular flexibility index (Phi) is 11.9. The molecule has 2 aliphatic heterocycles. The van der Waals surface area contributed by atoms with Gasteiger partial charge in [-0.25, -0.2) is 18.1 Å². The number of rotatable bonds is 14. The Labute approximate surface area is 342 Å². The zero-order chi connectivity index (χ0) is 40.8. The number of carbonyl (C=O) groups is 1. The highest BCUT2D eigenvalue weighted by molar-refractivity contribution is 7.90. The summed E-state index contributed by atoms with van der Waals surface area (Å²) < 4.78 is 41.1. The summed E-state index contributed by atoms with van der Waals surface area (Å²) in [6.45, 7) is 5.63. The molecule has 4 aromatic carbocycles. The average molecular weight is 816 g/mol. The molecule has 6 aromatic rings. The van der Waals surface area contributed by atoms with Crippen molar-refractivity contribution in [2.24, 2.45) is 5.92 Å². The molecule has 0 saturated carbocycles. The number of nitro benzene ring substituents is 1. The topological polar surface area (TPSA) is 172 Å². The van der Waals surface area contributed by atoms with E-state index in [4.69, 9.17) is 9.47 Å². The highest BCUT2D eigenvalue weighted by Gasteiger charge is 2.28. The molecule has 2 saturated heterocycles. The molecule has 8 rings (SSSR count). The summed E-state index contributed by atoms with van der Waals surface area (Å²) in [7, 11) is -4.55. The van der Waals surface area contributed by atoms with Crippen molar-refractivity contribution in [3.63, 3.8) is 0 Å². The molecule has 0 bridgehead atoms. The lowest BCUT2D eigenvalue weighted by atomic mass is 9.90. The normalized spacial score (nSPS) is 15.3. The van der Waals surface area contributed by atoms with Crippen LogP contribution in [0.2, 0.25) is 0 Å². The fourth-order valence-electron chi connectivity index (χ4n) is 7.72. The molecule has 14 nitrogen and oxygen atoms in total. The maximum absolute atomic E-state index is 13.9. The minimum Gasteiger partial charge on any atom is -0.455 e. The highest BCUT2D eigenvalue weighted by Crippen LogP contribution is 2.34. The van der Waals surface area contributed by atoms with Crippen LogP contribution in [0.25, 0.3) is 11.0 Å². The third kappa shape index (κ3) is 9.38. The van der Waals surface area contributed by atoms with Crippen molar-refractivity contribution in [3.8, 4) is 11.5 Å². The molecule has 0 atom stereocenters. The number of anilines is 2. The molecule has 2 fully saturated rings. The third-order valence-corrected chi connectivity index (χ3v) is 12.3. The van der Waals surface area contributed by atoms with Crippen LogP contribution in [0, 0.1) is 16.0 Å². The van der Waals surface area contributed by atoms with Gasteiger partial charge in [-0.2, -0.15) is 0 Å². The first kappa shape index (κ1) is 39.5. The van der Waals surface area contributed by atoms with Crippen LogP contribution in [0.1, 0.15) is 40.2 Å². The zero-order valence-electron chi connectivity index (χ0n) is 32.3. The maximum atomic E-state index is 13.9. The fourth-order valence-corrected chi connectivity index (χ4v) is 8.71. The number of sulfonamides is 1. The van der Waals surface area contributed by atoms with E-state index in [-0.39, 0.29) is 28.8 Å². The monoisotopic (exact) mass is 815 g/mol. The lowest BCUT2D eigenvalue weighted by molar-refractivity contribution is -0.384. The second-order valence-corrected chi connectivity index (χ2v) is 16.5. The van der Waals surface area contributed by atoms with E-state index >= 15 is 0 Å². The summed E-state index contributed by atoms with van der Waals surface area (Å²) in [6.07, 6.45) is 4.93. The Bertz CT molecular complexity index is 2480. The van der Waals surface area contributed by atoms with Crippen LogP contribution in [0.4, 0.5) is 17.1 Å². The molecule has 1 amide bonds. The predicted molar refractivity (Wildman–Crippen MR) is 226 cm³/mol. The van der Waals surface area contributed by atoms with Crippen molar-refractivity contribution in [1.82, 2.24) is 19.6 Å². The van der Waals surface area contributed by atoms with Crippen LogP contribution in [0.3, 0.4) is 0 Å². The minimum absolute atomic E-state index is 0.0389. The predicted octanol–water partition coefficient (Wildman–Crippen LogP) is 7.17. The Morgan fingerprint density at radius 1 is 0.915 bits per heavy atom. The standard InChI is InChI=1S/C44H45N7O7S/c52-44(48-59(55,56)37-12-14-40(41(27-37)51(53)54)46-28-31-16-23-57-24-17-31)38-13-11-35(26-42(38)58-36-25-34-15-18-45-43(34)47-29-36)50-21-19-49(20-22-50)30-39(32-7-3-1-4-8-32)33-9-5-2-6-10-33/h1-15,18,25-27,29,31,39,46H,16-17,19-24,28,30H2,(H,45,47)(H,48,52). The Morgan fingerprint density at radius 3 is 2.32 bits per heavy atom. The first-order chi connectivity index (χ1) is 28.7. The molecule has 15 heteroatoms. The van der Waals surface area contributed by atoms with Crippen molar-refractivity contribution in [3.05, 3.63) is 148 Å². The summed E-state index contributed by atoms with van der Waals surface area (Å²) in [5.41, 5.74) is 3.73. The van der Waals surface area contributed by atoms with Crippen LogP contribution in [0.5, 0.6) is 11.5 Å². The summed E-state index contributed by atoms with van der Waals surface area (Å²) in [5, 5.41) is 15.9. The number of aromatic amines is 1. The summed E-state index contributed by atoms with van der Waals surface area (Å²) in [4.78, 5) is 37.0. The van der Waals surface area contributed by atoms with Crippen LogP contribution in [-0.2, 0) is 14.8 Å². The maximum Gasteiger partial charge on any atom is 0.293 e. The SMILES string of the molecule is O=C(NS(=O)(=O)c1ccc(NCC2CCOCC2)c([N+](=O)[O-])c1)c1ccc(N2CCN(CC(c3ccccc3)c3ccccc3)CC2)cc1Oc1cnc2[nH]ccc2c1. The van der Waals surface area contributed by atoms with E-state index in [0.29, 0.717) is 44.2 Å². The van der Waals surface area contributed by atoms with Gasteiger partial charge in [0.25, 0.3) is 21.6 Å². The van der Waals surface area contributed by atoms with E-state index in [1.165, 1.54) is 35.5 Å². The van der Waals surface area contributed by atoms with Crippen molar-refractivity contribution >= 4 is 44.0 Å². The van der Waals surface area contributed by atoms with Crippen LogP contribution in [0.15, 0.2) is 126 Å². The van der Waals surface area contributed by atoms with Gasteiger partial charge in [-0.1, -0.05) is 60.7 Å². The number of pyridine rings is 1. The Balaban J connectivity index is 1.01. The lowest BCUT2D eigenvalue weighted by Gasteiger charge is -2.38. The van der Waals surface area contributed by atoms with E-state index in [1.54, 1.807) is 24.4 Å². The number of piperazine rings is 1. The average Bonchev–Trinajstić information content (AvgIpc) is 3.74. The van der Waals surface area contributed by atoms with Gasteiger partial charge in [0, 0.05) is 87.8 Å². The van der Waals surface area contributed by atoms with Crippen molar-refractivity contribution in [1.29, 1.82) is 0 Å².